The highest BCUT2D eigenvalue weighted by atomic mass is 79.9. The number of hydrogen-bond donors (Lipinski definition) is 1. The number of benzene rings is 1. The van der Waals surface area contributed by atoms with E-state index in [9.17, 15) is 0 Å². The molecule has 0 saturated heterocycles. The van der Waals surface area contributed by atoms with Crippen molar-refractivity contribution in [2.45, 2.75) is 31.1 Å². The maximum absolute atomic E-state index is 3.56. The lowest BCUT2D eigenvalue weighted by molar-refractivity contribution is 0.636. The highest BCUT2D eigenvalue weighted by Crippen LogP contribution is 2.26. The molecule has 0 unspecified atom stereocenters. The van der Waals surface area contributed by atoms with E-state index in [0.29, 0.717) is 0 Å². The van der Waals surface area contributed by atoms with Gasteiger partial charge in [-0.3, -0.25) is 0 Å². The average Bonchev–Trinajstić information content (AvgIpc) is 2.30. The van der Waals surface area contributed by atoms with Crippen LogP contribution in [0.2, 0.25) is 0 Å². The molecule has 1 aromatic carbocycles. The Hall–Kier alpha value is 0.01000. The van der Waals surface area contributed by atoms with Crippen molar-refractivity contribution in [2.24, 2.45) is 0 Å². The third-order valence-corrected chi connectivity index (χ3v) is 4.36. The number of halogens is 1. The van der Waals surface area contributed by atoms with E-state index in [2.05, 4.69) is 52.4 Å². The summed E-state index contributed by atoms with van der Waals surface area (Å²) in [4.78, 5) is 1.33. The molecule has 0 heterocycles. The van der Waals surface area contributed by atoms with Gasteiger partial charge in [-0.25, -0.2) is 0 Å². The largest absolute Gasteiger partial charge is 0.316 e. The second-order valence-corrected chi connectivity index (χ2v) is 5.73. The lowest BCUT2D eigenvalue weighted by atomic mass is 10.2. The minimum Gasteiger partial charge on any atom is -0.316 e. The minimum atomic E-state index is 1.09. The van der Waals surface area contributed by atoms with Gasteiger partial charge in [0.25, 0.3) is 0 Å². The number of nitrogens with one attached hydrogen (secondary N) is 1. The van der Waals surface area contributed by atoms with Crippen molar-refractivity contribution in [3.05, 3.63) is 28.7 Å². The molecule has 90 valence electrons. The van der Waals surface area contributed by atoms with Gasteiger partial charge in [-0.15, -0.1) is 11.8 Å². The molecule has 0 atom stereocenters. The molecule has 1 rings (SSSR count). The molecule has 16 heavy (non-hydrogen) atoms. The molecule has 1 N–H and O–H groups in total. The zero-order valence-electron chi connectivity index (χ0n) is 9.84. The summed E-state index contributed by atoms with van der Waals surface area (Å²) in [5, 5.41) is 3.47. The van der Waals surface area contributed by atoms with Crippen LogP contribution in [-0.4, -0.2) is 18.8 Å². The summed E-state index contributed by atoms with van der Waals surface area (Å²) in [6, 6.07) is 8.39. The molecule has 0 aromatic heterocycles. The van der Waals surface area contributed by atoms with Crippen LogP contribution in [0.1, 0.15) is 26.2 Å². The van der Waals surface area contributed by atoms with Gasteiger partial charge < -0.3 is 5.32 Å². The second kappa shape index (κ2) is 9.08. The minimum absolute atomic E-state index is 1.09. The van der Waals surface area contributed by atoms with Crippen molar-refractivity contribution in [3.8, 4) is 0 Å². The second-order valence-electron chi connectivity index (χ2n) is 3.74. The molecule has 1 nitrogen and oxygen atoms in total. The van der Waals surface area contributed by atoms with Crippen LogP contribution in [0, 0.1) is 0 Å². The van der Waals surface area contributed by atoms with Crippen molar-refractivity contribution in [3.63, 3.8) is 0 Å². The van der Waals surface area contributed by atoms with Crippen LogP contribution in [0.25, 0.3) is 0 Å². The number of thioether (sulfide) groups is 1. The maximum atomic E-state index is 3.56. The van der Waals surface area contributed by atoms with E-state index in [1.807, 2.05) is 11.8 Å². The van der Waals surface area contributed by atoms with E-state index < -0.39 is 0 Å². The predicted octanol–water partition coefficient (Wildman–Crippen LogP) is 4.32. The lowest BCUT2D eigenvalue weighted by Crippen LogP contribution is -2.18. The Morgan fingerprint density at radius 1 is 1.19 bits per heavy atom. The van der Waals surface area contributed by atoms with Crippen LogP contribution >= 0.6 is 27.7 Å². The SMILES string of the molecule is CCCCCNCCSc1ccccc1Br. The van der Waals surface area contributed by atoms with Gasteiger partial charge in [-0.2, -0.15) is 0 Å². The van der Waals surface area contributed by atoms with Crippen LogP contribution in [0.4, 0.5) is 0 Å². The van der Waals surface area contributed by atoms with Gasteiger partial charge in [-0.1, -0.05) is 31.9 Å². The third-order valence-electron chi connectivity index (χ3n) is 2.33. The van der Waals surface area contributed by atoms with E-state index in [1.165, 1.54) is 28.6 Å². The molecule has 0 aliphatic rings. The summed E-state index contributed by atoms with van der Waals surface area (Å²) >= 11 is 5.46. The Morgan fingerprint density at radius 2 is 2.00 bits per heavy atom. The number of unbranched alkanes of at least 4 members (excludes halogenated alkanes) is 2. The Kier molecular flexibility index (Phi) is 7.99. The maximum Gasteiger partial charge on any atom is 0.0311 e. The van der Waals surface area contributed by atoms with Gasteiger partial charge >= 0.3 is 0 Å². The van der Waals surface area contributed by atoms with E-state index in [-0.39, 0.29) is 0 Å². The first-order valence-electron chi connectivity index (χ1n) is 5.92. The first-order valence-corrected chi connectivity index (χ1v) is 7.70. The van der Waals surface area contributed by atoms with Gasteiger partial charge in [0.15, 0.2) is 0 Å². The fourth-order valence-electron chi connectivity index (χ4n) is 1.42. The van der Waals surface area contributed by atoms with Gasteiger partial charge in [0.1, 0.15) is 0 Å². The van der Waals surface area contributed by atoms with Crippen LogP contribution in [-0.2, 0) is 0 Å². The predicted molar refractivity (Wildman–Crippen MR) is 77.3 cm³/mol. The smallest absolute Gasteiger partial charge is 0.0311 e. The zero-order valence-corrected chi connectivity index (χ0v) is 12.2. The first-order chi connectivity index (χ1) is 7.84. The Bertz CT molecular complexity index is 291. The average molecular weight is 302 g/mol. The summed E-state index contributed by atoms with van der Waals surface area (Å²) in [7, 11) is 0. The van der Waals surface area contributed by atoms with E-state index in [0.717, 1.165) is 18.8 Å². The normalized spacial score (nSPS) is 10.6. The highest BCUT2D eigenvalue weighted by Gasteiger charge is 1.98. The van der Waals surface area contributed by atoms with Crippen LogP contribution in [0.15, 0.2) is 33.6 Å². The molecule has 0 bridgehead atoms. The fraction of sp³-hybridized carbons (Fsp3) is 0.538. The Morgan fingerprint density at radius 3 is 2.75 bits per heavy atom. The van der Waals surface area contributed by atoms with E-state index in [4.69, 9.17) is 0 Å². The molecule has 0 fully saturated rings. The number of rotatable bonds is 8. The summed E-state index contributed by atoms with van der Waals surface area (Å²) in [5.41, 5.74) is 0. The van der Waals surface area contributed by atoms with Crippen LogP contribution < -0.4 is 5.32 Å². The van der Waals surface area contributed by atoms with Crippen molar-refractivity contribution in [2.75, 3.05) is 18.8 Å². The van der Waals surface area contributed by atoms with Crippen LogP contribution in [0.3, 0.4) is 0 Å². The number of hydrogen-bond acceptors (Lipinski definition) is 2. The van der Waals surface area contributed by atoms with Gasteiger partial charge in [0.05, 0.1) is 0 Å². The summed E-state index contributed by atoms with van der Waals surface area (Å²) in [6.07, 6.45) is 3.94. The quantitative estimate of drug-likeness (QED) is 0.567. The van der Waals surface area contributed by atoms with Crippen molar-refractivity contribution in [1.82, 2.24) is 5.32 Å². The van der Waals surface area contributed by atoms with Crippen molar-refractivity contribution in [1.29, 1.82) is 0 Å². The molecule has 0 saturated carbocycles. The molecule has 0 spiro atoms. The van der Waals surface area contributed by atoms with Crippen molar-refractivity contribution >= 4 is 27.7 Å². The first kappa shape index (κ1) is 14.1. The topological polar surface area (TPSA) is 12.0 Å². The monoisotopic (exact) mass is 301 g/mol. The summed E-state index contributed by atoms with van der Waals surface area (Å²) in [5.74, 6) is 1.13. The van der Waals surface area contributed by atoms with Gasteiger partial charge in [0, 0.05) is 21.7 Å². The lowest BCUT2D eigenvalue weighted by Gasteiger charge is -2.05. The highest BCUT2D eigenvalue weighted by molar-refractivity contribution is 9.10. The standard InChI is InChI=1S/C13H20BrNS/c1-2-3-6-9-15-10-11-16-13-8-5-4-7-12(13)14/h4-5,7-8,15H,2-3,6,9-11H2,1H3. The Labute approximate surface area is 112 Å². The molecule has 0 aliphatic heterocycles. The van der Waals surface area contributed by atoms with Gasteiger partial charge in [-0.05, 0) is 41.0 Å². The van der Waals surface area contributed by atoms with Crippen LogP contribution in [0.5, 0.6) is 0 Å². The molecule has 3 heteroatoms. The molecule has 0 radical (unpaired) electrons. The molecule has 0 aliphatic carbocycles. The fourth-order valence-corrected chi connectivity index (χ4v) is 2.90. The zero-order chi connectivity index (χ0) is 11.6. The summed E-state index contributed by atoms with van der Waals surface area (Å²) < 4.78 is 1.20. The van der Waals surface area contributed by atoms with E-state index in [1.54, 1.807) is 0 Å². The van der Waals surface area contributed by atoms with Gasteiger partial charge in [0.2, 0.25) is 0 Å². The van der Waals surface area contributed by atoms with E-state index >= 15 is 0 Å². The summed E-state index contributed by atoms with van der Waals surface area (Å²) in [6.45, 7) is 4.49. The molecular formula is C13H20BrNS. The molecule has 1 aromatic rings. The molecular weight excluding hydrogens is 282 g/mol. The van der Waals surface area contributed by atoms with Crippen molar-refractivity contribution < 1.29 is 0 Å². The third kappa shape index (κ3) is 5.92. The molecule has 0 amide bonds. The Balaban J connectivity index is 2.05.